The lowest BCUT2D eigenvalue weighted by atomic mass is 10.0. The SMILES string of the molecule is Cc1nc(Cl)ncc1/C=C(\NC(C)(C)CNC(O)OC(C)(C)C)C(O)O. The van der Waals surface area contributed by atoms with Crippen molar-refractivity contribution in [1.82, 2.24) is 20.6 Å². The molecule has 0 aliphatic carbocycles. The van der Waals surface area contributed by atoms with Gasteiger partial charge in [0.05, 0.1) is 11.3 Å². The molecule has 8 nitrogen and oxygen atoms in total. The lowest BCUT2D eigenvalue weighted by Crippen LogP contribution is -2.52. The second kappa shape index (κ2) is 9.07. The number of hydrogen-bond donors (Lipinski definition) is 5. The van der Waals surface area contributed by atoms with Crippen molar-refractivity contribution in [3.05, 3.63) is 28.4 Å². The molecule has 0 aromatic carbocycles. The summed E-state index contributed by atoms with van der Waals surface area (Å²) in [7, 11) is 0. The van der Waals surface area contributed by atoms with Crippen LogP contribution in [0.15, 0.2) is 11.9 Å². The van der Waals surface area contributed by atoms with Gasteiger partial charge in [0.25, 0.3) is 0 Å². The summed E-state index contributed by atoms with van der Waals surface area (Å²) in [4.78, 5) is 7.93. The van der Waals surface area contributed by atoms with Gasteiger partial charge in [0.15, 0.2) is 6.29 Å². The molecule has 1 aromatic heterocycles. The summed E-state index contributed by atoms with van der Waals surface area (Å²) in [5.74, 6) is 0. The van der Waals surface area contributed by atoms with Gasteiger partial charge in [0, 0.05) is 29.5 Å². The maximum atomic E-state index is 9.89. The van der Waals surface area contributed by atoms with Gasteiger partial charge in [-0.3, -0.25) is 5.32 Å². The Labute approximate surface area is 159 Å². The van der Waals surface area contributed by atoms with E-state index in [2.05, 4.69) is 20.6 Å². The molecule has 9 heteroatoms. The highest BCUT2D eigenvalue weighted by Gasteiger charge is 2.24. The highest BCUT2D eigenvalue weighted by molar-refractivity contribution is 6.28. The van der Waals surface area contributed by atoms with Crippen LogP contribution in [0.4, 0.5) is 0 Å². The number of nitrogens with one attached hydrogen (secondary N) is 2. The summed E-state index contributed by atoms with van der Waals surface area (Å²) in [6.45, 7) is 11.2. The minimum absolute atomic E-state index is 0.121. The first-order chi connectivity index (χ1) is 11.8. The average molecular weight is 389 g/mol. The molecule has 1 unspecified atom stereocenters. The highest BCUT2D eigenvalue weighted by atomic mass is 35.5. The van der Waals surface area contributed by atoms with Crippen LogP contribution >= 0.6 is 11.6 Å². The molecule has 148 valence electrons. The van der Waals surface area contributed by atoms with Gasteiger partial charge in [-0.15, -0.1) is 0 Å². The second-order valence-corrected chi connectivity index (χ2v) is 7.96. The van der Waals surface area contributed by atoms with Crippen molar-refractivity contribution in [3.8, 4) is 0 Å². The third-order valence-electron chi connectivity index (χ3n) is 3.24. The van der Waals surface area contributed by atoms with Crippen LogP contribution in [-0.2, 0) is 4.74 Å². The van der Waals surface area contributed by atoms with E-state index in [1.54, 1.807) is 13.0 Å². The molecule has 26 heavy (non-hydrogen) atoms. The van der Waals surface area contributed by atoms with E-state index in [1.165, 1.54) is 6.20 Å². The van der Waals surface area contributed by atoms with Gasteiger partial charge in [0.2, 0.25) is 11.7 Å². The Morgan fingerprint density at radius 3 is 2.38 bits per heavy atom. The van der Waals surface area contributed by atoms with Crippen LogP contribution in [-0.4, -0.2) is 55.7 Å². The Morgan fingerprint density at radius 2 is 1.88 bits per heavy atom. The maximum Gasteiger partial charge on any atom is 0.222 e. The van der Waals surface area contributed by atoms with E-state index in [0.29, 0.717) is 17.8 Å². The van der Waals surface area contributed by atoms with Crippen LogP contribution in [0.5, 0.6) is 0 Å². The van der Waals surface area contributed by atoms with Gasteiger partial charge in [-0.05, 0) is 59.2 Å². The molecule has 0 saturated heterocycles. The van der Waals surface area contributed by atoms with Crippen molar-refractivity contribution in [2.24, 2.45) is 0 Å². The Hall–Kier alpha value is -1.29. The molecule has 5 N–H and O–H groups in total. The third kappa shape index (κ3) is 8.39. The molecule has 1 rings (SSSR count). The normalized spacial score (nSPS) is 14.7. The summed E-state index contributed by atoms with van der Waals surface area (Å²) in [5, 5.41) is 35.2. The molecule has 1 aromatic rings. The molecule has 0 amide bonds. The molecular weight excluding hydrogens is 360 g/mol. The van der Waals surface area contributed by atoms with Gasteiger partial charge in [0.1, 0.15) is 0 Å². The summed E-state index contributed by atoms with van der Waals surface area (Å²) < 4.78 is 5.38. The molecule has 0 saturated carbocycles. The second-order valence-electron chi connectivity index (χ2n) is 7.63. The molecule has 0 radical (unpaired) electrons. The minimum Gasteiger partial charge on any atom is -0.378 e. The fourth-order valence-electron chi connectivity index (χ4n) is 2.09. The van der Waals surface area contributed by atoms with Crippen molar-refractivity contribution in [2.75, 3.05) is 6.54 Å². The summed E-state index contributed by atoms with van der Waals surface area (Å²) >= 11 is 5.74. The Balaban J connectivity index is 2.83. The van der Waals surface area contributed by atoms with Gasteiger partial charge in [-0.25, -0.2) is 9.97 Å². The zero-order chi connectivity index (χ0) is 20.1. The fourth-order valence-corrected chi connectivity index (χ4v) is 2.26. The zero-order valence-electron chi connectivity index (χ0n) is 16.0. The quantitative estimate of drug-likeness (QED) is 0.332. The topological polar surface area (TPSA) is 120 Å². The Bertz CT molecular complexity index is 630. The van der Waals surface area contributed by atoms with E-state index in [0.717, 1.165) is 0 Å². The third-order valence-corrected chi connectivity index (χ3v) is 3.43. The van der Waals surface area contributed by atoms with Gasteiger partial charge >= 0.3 is 0 Å². The Morgan fingerprint density at radius 1 is 1.27 bits per heavy atom. The average Bonchev–Trinajstić information content (AvgIpc) is 2.45. The van der Waals surface area contributed by atoms with Crippen LogP contribution in [0, 0.1) is 6.92 Å². The largest absolute Gasteiger partial charge is 0.378 e. The number of rotatable bonds is 8. The molecule has 0 bridgehead atoms. The van der Waals surface area contributed by atoms with E-state index in [-0.39, 0.29) is 11.0 Å². The molecule has 1 heterocycles. The number of aromatic nitrogens is 2. The number of aliphatic hydroxyl groups is 3. The van der Waals surface area contributed by atoms with Crippen LogP contribution in [0.25, 0.3) is 6.08 Å². The van der Waals surface area contributed by atoms with E-state index in [1.807, 2.05) is 34.6 Å². The molecule has 0 aliphatic rings. The van der Waals surface area contributed by atoms with Crippen molar-refractivity contribution < 1.29 is 20.1 Å². The zero-order valence-corrected chi connectivity index (χ0v) is 16.8. The molecular formula is C17H29ClN4O4. The number of aryl methyl sites for hydroxylation is 1. The monoisotopic (exact) mass is 388 g/mol. The van der Waals surface area contributed by atoms with Gasteiger partial charge in [-0.2, -0.15) is 0 Å². The first kappa shape index (κ1) is 22.8. The van der Waals surface area contributed by atoms with Crippen molar-refractivity contribution >= 4 is 17.7 Å². The standard InChI is InChI=1S/C17H29ClN4O4/c1-10-11(8-19-14(18)21-10)7-12(13(23)24)22-17(5,6)9-20-15(25)26-16(2,3)4/h7-8,13,15,20,22-25H,9H2,1-6H3/b12-7-. The number of halogens is 1. The Kier molecular flexibility index (Phi) is 7.94. The molecule has 0 spiro atoms. The molecule has 0 fully saturated rings. The van der Waals surface area contributed by atoms with Crippen molar-refractivity contribution in [3.63, 3.8) is 0 Å². The minimum atomic E-state index is -1.72. The number of ether oxygens (including phenoxy) is 1. The van der Waals surface area contributed by atoms with Gasteiger partial charge in [-0.1, -0.05) is 0 Å². The number of aliphatic hydroxyl groups excluding tert-OH is 2. The smallest absolute Gasteiger partial charge is 0.222 e. The number of nitrogens with zero attached hydrogens (tertiary/aromatic N) is 2. The van der Waals surface area contributed by atoms with Crippen LogP contribution in [0.2, 0.25) is 5.28 Å². The predicted molar refractivity (Wildman–Crippen MR) is 100 cm³/mol. The molecule has 1 atom stereocenters. The lowest BCUT2D eigenvalue weighted by molar-refractivity contribution is -0.182. The maximum absolute atomic E-state index is 9.89. The van der Waals surface area contributed by atoms with Crippen molar-refractivity contribution in [1.29, 1.82) is 0 Å². The van der Waals surface area contributed by atoms with Crippen LogP contribution in [0.3, 0.4) is 0 Å². The lowest BCUT2D eigenvalue weighted by Gasteiger charge is -2.32. The van der Waals surface area contributed by atoms with E-state index in [4.69, 9.17) is 16.3 Å². The first-order valence-electron chi connectivity index (χ1n) is 8.23. The number of hydrogen-bond acceptors (Lipinski definition) is 8. The van der Waals surface area contributed by atoms with E-state index >= 15 is 0 Å². The van der Waals surface area contributed by atoms with Crippen LogP contribution < -0.4 is 10.6 Å². The fraction of sp³-hybridized carbons (Fsp3) is 0.647. The summed E-state index contributed by atoms with van der Waals surface area (Å²) in [5.41, 5.74) is 0.248. The predicted octanol–water partition coefficient (Wildman–Crippen LogP) is 1.14. The van der Waals surface area contributed by atoms with Crippen molar-refractivity contribution in [2.45, 2.75) is 65.4 Å². The van der Waals surface area contributed by atoms with Crippen LogP contribution in [0.1, 0.15) is 45.9 Å². The molecule has 0 aliphatic heterocycles. The highest BCUT2D eigenvalue weighted by Crippen LogP contribution is 2.15. The first-order valence-corrected chi connectivity index (χ1v) is 8.61. The van der Waals surface area contributed by atoms with Gasteiger partial charge < -0.3 is 25.4 Å². The summed E-state index contributed by atoms with van der Waals surface area (Å²) in [6, 6.07) is 0. The van der Waals surface area contributed by atoms with E-state index < -0.39 is 23.8 Å². The van der Waals surface area contributed by atoms with E-state index in [9.17, 15) is 15.3 Å². The summed E-state index contributed by atoms with van der Waals surface area (Å²) in [6.07, 6.45) is 0.177.